The van der Waals surface area contributed by atoms with E-state index in [1.54, 1.807) is 0 Å². The number of hydrogen-bond acceptors (Lipinski definition) is 5. The molecule has 1 aromatic heterocycles. The van der Waals surface area contributed by atoms with Gasteiger partial charge in [0.1, 0.15) is 0 Å². The smallest absolute Gasteiger partial charge is 0.239 e. The monoisotopic (exact) mass is 293 g/mol. The minimum atomic E-state index is -0.106. The highest BCUT2D eigenvalue weighted by molar-refractivity contribution is 7.14. The number of hydrogen-bond donors (Lipinski definition) is 1. The summed E-state index contributed by atoms with van der Waals surface area (Å²) in [7, 11) is 1.87. The van der Waals surface area contributed by atoms with Crippen molar-refractivity contribution in [2.45, 2.75) is 38.6 Å². The second-order valence-electron chi connectivity index (χ2n) is 5.57. The zero-order chi connectivity index (χ0) is 14.3. The number of anilines is 1. The molecule has 1 saturated heterocycles. The highest BCUT2D eigenvalue weighted by atomic mass is 32.1. The third-order valence-corrected chi connectivity index (χ3v) is 5.26. The summed E-state index contributed by atoms with van der Waals surface area (Å²) in [6.07, 6.45) is 3.79. The van der Waals surface area contributed by atoms with Gasteiger partial charge >= 0.3 is 0 Å². The Morgan fingerprint density at radius 3 is 2.45 bits per heavy atom. The Morgan fingerprint density at radius 2 is 1.90 bits per heavy atom. The van der Waals surface area contributed by atoms with E-state index in [9.17, 15) is 9.59 Å². The summed E-state index contributed by atoms with van der Waals surface area (Å²) in [5.41, 5.74) is 0.878. The Morgan fingerprint density at radius 1 is 1.30 bits per heavy atom. The van der Waals surface area contributed by atoms with Gasteiger partial charge in [0.05, 0.1) is 17.5 Å². The van der Waals surface area contributed by atoms with Crippen molar-refractivity contribution in [2.75, 3.05) is 11.9 Å². The number of fused-ring (bicyclic) bond motifs is 1. The van der Waals surface area contributed by atoms with E-state index in [1.165, 1.54) is 16.2 Å². The molecular weight excluding hydrogens is 274 g/mol. The lowest BCUT2D eigenvalue weighted by atomic mass is 9.81. The van der Waals surface area contributed by atoms with Gasteiger partial charge in [0, 0.05) is 11.4 Å². The van der Waals surface area contributed by atoms with Crippen molar-refractivity contribution in [1.29, 1.82) is 0 Å². The number of nitrogens with zero attached hydrogens (tertiary/aromatic N) is 2. The maximum atomic E-state index is 12.5. The number of thiazole rings is 1. The molecule has 3 rings (SSSR count). The topological polar surface area (TPSA) is 62.3 Å². The Kier molecular flexibility index (Phi) is 3.60. The average Bonchev–Trinajstić information content (AvgIpc) is 3.03. The Hall–Kier alpha value is -1.27. The van der Waals surface area contributed by atoms with Crippen LogP contribution in [0.2, 0.25) is 0 Å². The molecule has 2 heterocycles. The molecule has 1 aliphatic heterocycles. The van der Waals surface area contributed by atoms with Crippen molar-refractivity contribution in [3.05, 3.63) is 11.1 Å². The molecule has 2 amide bonds. The van der Waals surface area contributed by atoms with Crippen LogP contribution in [0.1, 0.15) is 44.3 Å². The highest BCUT2D eigenvalue weighted by Gasteiger charge is 2.49. The van der Waals surface area contributed by atoms with E-state index in [4.69, 9.17) is 0 Å². The van der Waals surface area contributed by atoms with Crippen molar-refractivity contribution >= 4 is 28.3 Å². The first-order chi connectivity index (χ1) is 9.63. The summed E-state index contributed by atoms with van der Waals surface area (Å²) in [6, 6.07) is 0.120. The van der Waals surface area contributed by atoms with Gasteiger partial charge in [-0.2, -0.15) is 0 Å². The lowest BCUT2D eigenvalue weighted by Gasteiger charge is -2.19. The molecule has 5 nitrogen and oxygen atoms in total. The molecule has 0 spiro atoms. The van der Waals surface area contributed by atoms with Crippen LogP contribution in [-0.2, 0) is 9.59 Å². The van der Waals surface area contributed by atoms with Gasteiger partial charge in [-0.25, -0.2) is 9.88 Å². The second kappa shape index (κ2) is 5.26. The largest absolute Gasteiger partial charge is 0.312 e. The normalized spacial score (nSPS) is 27.8. The van der Waals surface area contributed by atoms with Crippen LogP contribution in [-0.4, -0.2) is 23.8 Å². The average molecular weight is 293 g/mol. The van der Waals surface area contributed by atoms with Gasteiger partial charge in [0.25, 0.3) is 0 Å². The van der Waals surface area contributed by atoms with Crippen LogP contribution in [0.4, 0.5) is 5.13 Å². The molecule has 20 heavy (non-hydrogen) atoms. The fourth-order valence-electron chi connectivity index (χ4n) is 3.08. The molecule has 108 valence electrons. The molecule has 0 radical (unpaired) electrons. The third-order valence-electron chi connectivity index (χ3n) is 4.42. The molecule has 1 aliphatic carbocycles. The molecule has 6 heteroatoms. The van der Waals surface area contributed by atoms with E-state index < -0.39 is 0 Å². The van der Waals surface area contributed by atoms with E-state index in [2.05, 4.69) is 10.3 Å². The van der Waals surface area contributed by atoms with Crippen LogP contribution in [0.3, 0.4) is 0 Å². The standard InChI is InChI=1S/C14H19N3O2S/c1-8(15-2)11-7-20-14(16-11)17-12(18)9-5-3-4-6-10(9)13(17)19/h7-10,15H,3-6H2,1-2H3. The third kappa shape index (κ3) is 2.07. The van der Waals surface area contributed by atoms with Crippen LogP contribution < -0.4 is 10.2 Å². The first kappa shape index (κ1) is 13.7. The van der Waals surface area contributed by atoms with Crippen molar-refractivity contribution < 1.29 is 9.59 Å². The van der Waals surface area contributed by atoms with E-state index in [0.717, 1.165) is 31.4 Å². The summed E-state index contributed by atoms with van der Waals surface area (Å²) in [6.45, 7) is 2.01. The summed E-state index contributed by atoms with van der Waals surface area (Å²) in [5.74, 6) is -0.300. The number of nitrogens with one attached hydrogen (secondary N) is 1. The maximum Gasteiger partial charge on any atom is 0.239 e. The zero-order valence-corrected chi connectivity index (χ0v) is 12.6. The number of carbonyl (C=O) groups excluding carboxylic acids is 2. The maximum absolute atomic E-state index is 12.5. The van der Waals surface area contributed by atoms with Crippen LogP contribution in [0.25, 0.3) is 0 Å². The van der Waals surface area contributed by atoms with Gasteiger partial charge in [0.2, 0.25) is 11.8 Å². The molecule has 1 aromatic rings. The van der Waals surface area contributed by atoms with Crippen molar-refractivity contribution in [2.24, 2.45) is 11.8 Å². The number of rotatable bonds is 3. The van der Waals surface area contributed by atoms with E-state index >= 15 is 0 Å². The van der Waals surface area contributed by atoms with Crippen LogP contribution in [0, 0.1) is 11.8 Å². The predicted octanol–water partition coefficient (Wildman–Crippen LogP) is 2.10. The molecule has 3 unspecified atom stereocenters. The molecule has 2 fully saturated rings. The number of carbonyl (C=O) groups is 2. The molecule has 2 aliphatic rings. The first-order valence-corrected chi connectivity index (χ1v) is 8.02. The highest BCUT2D eigenvalue weighted by Crippen LogP contribution is 2.40. The van der Waals surface area contributed by atoms with Gasteiger partial charge in [-0.15, -0.1) is 11.3 Å². The van der Waals surface area contributed by atoms with Crippen LogP contribution in [0.15, 0.2) is 5.38 Å². The zero-order valence-electron chi connectivity index (χ0n) is 11.8. The van der Waals surface area contributed by atoms with E-state index in [1.807, 2.05) is 19.4 Å². The molecule has 0 aromatic carbocycles. The fourth-order valence-corrected chi connectivity index (χ4v) is 4.00. The Balaban J connectivity index is 1.88. The van der Waals surface area contributed by atoms with Gasteiger partial charge < -0.3 is 5.32 Å². The molecular formula is C14H19N3O2S. The lowest BCUT2D eigenvalue weighted by Crippen LogP contribution is -2.30. The number of amides is 2. The van der Waals surface area contributed by atoms with Crippen molar-refractivity contribution in [3.63, 3.8) is 0 Å². The molecule has 0 bridgehead atoms. The number of aromatic nitrogens is 1. The van der Waals surface area contributed by atoms with Crippen molar-refractivity contribution in [1.82, 2.24) is 10.3 Å². The molecule has 3 atom stereocenters. The van der Waals surface area contributed by atoms with Gasteiger partial charge in [-0.3, -0.25) is 9.59 Å². The van der Waals surface area contributed by atoms with E-state index in [-0.39, 0.29) is 29.7 Å². The van der Waals surface area contributed by atoms with Gasteiger partial charge in [-0.05, 0) is 26.8 Å². The Labute approximate surface area is 122 Å². The van der Waals surface area contributed by atoms with Crippen LogP contribution in [0.5, 0.6) is 0 Å². The first-order valence-electron chi connectivity index (χ1n) is 7.14. The van der Waals surface area contributed by atoms with Crippen molar-refractivity contribution in [3.8, 4) is 0 Å². The second-order valence-corrected chi connectivity index (χ2v) is 6.41. The van der Waals surface area contributed by atoms with Crippen LogP contribution >= 0.6 is 11.3 Å². The predicted molar refractivity (Wildman–Crippen MR) is 77.5 cm³/mol. The van der Waals surface area contributed by atoms with E-state index in [0.29, 0.717) is 5.13 Å². The SMILES string of the molecule is CNC(C)c1csc(N2C(=O)C3CCCCC3C2=O)n1. The summed E-state index contributed by atoms with van der Waals surface area (Å²) in [5, 5.41) is 5.56. The minimum absolute atomic E-state index is 0.0438. The summed E-state index contributed by atoms with van der Waals surface area (Å²) in [4.78, 5) is 30.7. The molecule has 1 saturated carbocycles. The van der Waals surface area contributed by atoms with Gasteiger partial charge in [-0.1, -0.05) is 12.8 Å². The minimum Gasteiger partial charge on any atom is -0.312 e. The Bertz CT molecular complexity index is 518. The molecule has 1 N–H and O–H groups in total. The fraction of sp³-hybridized carbons (Fsp3) is 0.643. The number of imide groups is 1. The lowest BCUT2D eigenvalue weighted by molar-refractivity contribution is -0.122. The van der Waals surface area contributed by atoms with Gasteiger partial charge in [0.15, 0.2) is 5.13 Å². The summed E-state index contributed by atoms with van der Waals surface area (Å²) < 4.78 is 0. The summed E-state index contributed by atoms with van der Waals surface area (Å²) >= 11 is 1.38. The quantitative estimate of drug-likeness (QED) is 0.867.